The lowest BCUT2D eigenvalue weighted by Crippen LogP contribution is -2.18. The number of fused-ring (bicyclic) bond motifs is 2. The summed E-state index contributed by atoms with van der Waals surface area (Å²) in [4.78, 5) is 4.70. The molecule has 0 bridgehead atoms. The molecule has 0 amide bonds. The Hall–Kier alpha value is -2.05. The van der Waals surface area contributed by atoms with E-state index in [9.17, 15) is 0 Å². The van der Waals surface area contributed by atoms with Gasteiger partial charge in [0.15, 0.2) is 11.5 Å². The van der Waals surface area contributed by atoms with Crippen LogP contribution in [0, 0.1) is 0 Å². The first-order valence-electron chi connectivity index (χ1n) is 6.40. The Labute approximate surface area is 116 Å². The maximum Gasteiger partial charge on any atom is 0.162 e. The third-order valence-electron chi connectivity index (χ3n) is 3.55. The Bertz CT molecular complexity index is 653. The van der Waals surface area contributed by atoms with Gasteiger partial charge in [-0.1, -0.05) is 0 Å². The minimum absolute atomic E-state index is 0.520. The van der Waals surface area contributed by atoms with E-state index >= 15 is 0 Å². The summed E-state index contributed by atoms with van der Waals surface area (Å²) in [6.45, 7) is 1.20. The number of nitrogens with zero attached hydrogens (tertiary/aromatic N) is 1. The fourth-order valence-corrected chi connectivity index (χ4v) is 2.55. The van der Waals surface area contributed by atoms with Crippen LogP contribution in [0.3, 0.4) is 0 Å². The minimum Gasteiger partial charge on any atom is -0.493 e. The molecule has 0 radical (unpaired) electrons. The number of aromatic nitrogens is 1. The first kappa shape index (κ1) is 13.0. The number of hydrogen-bond donors (Lipinski definition) is 2. The zero-order valence-electron chi connectivity index (χ0n) is 11.5. The molecule has 0 atom stereocenters. The van der Waals surface area contributed by atoms with Crippen LogP contribution in [0.25, 0.3) is 10.9 Å². The molecule has 3 N–H and O–H groups in total. The van der Waals surface area contributed by atoms with Gasteiger partial charge in [0, 0.05) is 23.4 Å². The van der Waals surface area contributed by atoms with Gasteiger partial charge in [0.25, 0.3) is 0 Å². The lowest BCUT2D eigenvalue weighted by Gasteiger charge is -2.21. The molecule has 6 heteroatoms. The van der Waals surface area contributed by atoms with Crippen LogP contribution in [-0.4, -0.2) is 25.8 Å². The van der Waals surface area contributed by atoms with Crippen LogP contribution in [0.4, 0.5) is 5.69 Å². The summed E-state index contributed by atoms with van der Waals surface area (Å²) in [5, 5.41) is 0.898. The van der Waals surface area contributed by atoms with Gasteiger partial charge in [-0.25, -0.2) is 0 Å². The lowest BCUT2D eigenvalue weighted by molar-refractivity contribution is 0.110. The van der Waals surface area contributed by atoms with Crippen molar-refractivity contribution in [1.82, 2.24) is 4.98 Å². The van der Waals surface area contributed by atoms with Gasteiger partial charge in [0.05, 0.1) is 44.3 Å². The molecule has 2 heterocycles. The molecular formula is C14H17N3O3. The number of hydrogen-bond acceptors (Lipinski definition) is 6. The van der Waals surface area contributed by atoms with E-state index in [0.29, 0.717) is 24.7 Å². The second-order valence-electron chi connectivity index (χ2n) is 4.58. The Balaban J connectivity index is 2.31. The highest BCUT2D eigenvalue weighted by Crippen LogP contribution is 2.37. The van der Waals surface area contributed by atoms with Gasteiger partial charge in [-0.15, -0.1) is 0 Å². The van der Waals surface area contributed by atoms with Crippen molar-refractivity contribution < 1.29 is 14.2 Å². The smallest absolute Gasteiger partial charge is 0.162 e. The standard InChI is InChI=1S/C14H17N3O3/c1-18-12-5-8-11(6-13(12)19-2)16-10-3-4-20-7-9(10)14(8)17-15/h5-6H,3-4,7,15H2,1-2H3,(H,16,17). The van der Waals surface area contributed by atoms with E-state index in [1.807, 2.05) is 12.1 Å². The Morgan fingerprint density at radius 2 is 2.00 bits per heavy atom. The number of nitrogen functional groups attached to an aromatic ring is 1. The van der Waals surface area contributed by atoms with Crippen molar-refractivity contribution in [3.63, 3.8) is 0 Å². The van der Waals surface area contributed by atoms with Crippen LogP contribution in [0.2, 0.25) is 0 Å². The number of hydrazine groups is 1. The molecule has 1 aliphatic heterocycles. The predicted molar refractivity (Wildman–Crippen MR) is 76.0 cm³/mol. The largest absolute Gasteiger partial charge is 0.493 e. The van der Waals surface area contributed by atoms with Crippen LogP contribution in [0.5, 0.6) is 11.5 Å². The number of methoxy groups -OCH3 is 2. The first-order valence-corrected chi connectivity index (χ1v) is 6.40. The third kappa shape index (κ3) is 1.93. The van der Waals surface area contributed by atoms with E-state index in [-0.39, 0.29) is 0 Å². The quantitative estimate of drug-likeness (QED) is 0.654. The number of nitrogens with two attached hydrogens (primary N) is 1. The molecule has 1 aromatic heterocycles. The average molecular weight is 275 g/mol. The van der Waals surface area contributed by atoms with Gasteiger partial charge in [0.2, 0.25) is 0 Å². The fourth-order valence-electron chi connectivity index (χ4n) is 2.55. The molecule has 0 saturated carbocycles. The summed E-state index contributed by atoms with van der Waals surface area (Å²) in [5.41, 5.74) is 6.47. The molecule has 0 spiro atoms. The molecule has 0 saturated heterocycles. The Kier molecular flexibility index (Phi) is 3.33. The zero-order valence-corrected chi connectivity index (χ0v) is 11.5. The van der Waals surface area contributed by atoms with E-state index in [1.54, 1.807) is 14.2 Å². The summed E-state index contributed by atoms with van der Waals surface area (Å²) < 4.78 is 16.2. The summed E-state index contributed by atoms with van der Waals surface area (Å²) in [5.74, 6) is 7.00. The van der Waals surface area contributed by atoms with Crippen LogP contribution < -0.4 is 20.7 Å². The summed E-state index contributed by atoms with van der Waals surface area (Å²) >= 11 is 0. The van der Waals surface area contributed by atoms with Crippen molar-refractivity contribution in [1.29, 1.82) is 0 Å². The number of pyridine rings is 1. The normalized spacial score (nSPS) is 13.9. The Morgan fingerprint density at radius 1 is 1.25 bits per heavy atom. The molecule has 3 rings (SSSR count). The van der Waals surface area contributed by atoms with E-state index in [0.717, 1.165) is 34.3 Å². The maximum atomic E-state index is 5.70. The van der Waals surface area contributed by atoms with E-state index in [2.05, 4.69) is 5.43 Å². The number of nitrogens with one attached hydrogen (secondary N) is 1. The monoisotopic (exact) mass is 275 g/mol. The molecule has 6 nitrogen and oxygen atoms in total. The van der Waals surface area contributed by atoms with Gasteiger partial charge in [-0.3, -0.25) is 10.8 Å². The molecule has 0 fully saturated rings. The van der Waals surface area contributed by atoms with E-state index in [4.69, 9.17) is 25.0 Å². The van der Waals surface area contributed by atoms with Crippen molar-refractivity contribution in [3.8, 4) is 11.5 Å². The number of ether oxygens (including phenoxy) is 3. The second kappa shape index (κ2) is 5.15. The summed E-state index contributed by atoms with van der Waals surface area (Å²) in [6.07, 6.45) is 0.786. The number of anilines is 1. The zero-order chi connectivity index (χ0) is 14.1. The second-order valence-corrected chi connectivity index (χ2v) is 4.58. The number of benzene rings is 1. The summed E-state index contributed by atoms with van der Waals surface area (Å²) in [7, 11) is 3.21. The molecule has 106 valence electrons. The average Bonchev–Trinajstić information content (AvgIpc) is 2.51. The van der Waals surface area contributed by atoms with Gasteiger partial charge < -0.3 is 19.6 Å². The SMILES string of the molecule is COc1cc2nc3c(c(NN)c2cc1OC)COCC3. The Morgan fingerprint density at radius 3 is 2.70 bits per heavy atom. The molecule has 2 aromatic rings. The van der Waals surface area contributed by atoms with Gasteiger partial charge in [-0.05, 0) is 6.07 Å². The summed E-state index contributed by atoms with van der Waals surface area (Å²) in [6, 6.07) is 3.75. The molecule has 0 aliphatic carbocycles. The van der Waals surface area contributed by atoms with Crippen molar-refractivity contribution in [2.45, 2.75) is 13.0 Å². The highest BCUT2D eigenvalue weighted by Gasteiger charge is 2.19. The minimum atomic E-state index is 0.520. The van der Waals surface area contributed by atoms with Crippen molar-refractivity contribution >= 4 is 16.6 Å². The van der Waals surface area contributed by atoms with Crippen LogP contribution >= 0.6 is 0 Å². The first-order chi connectivity index (χ1) is 9.78. The highest BCUT2D eigenvalue weighted by atomic mass is 16.5. The van der Waals surface area contributed by atoms with E-state index in [1.165, 1.54) is 0 Å². The number of rotatable bonds is 3. The maximum absolute atomic E-state index is 5.70. The molecule has 0 unspecified atom stereocenters. The molecular weight excluding hydrogens is 258 g/mol. The lowest BCUT2D eigenvalue weighted by atomic mass is 10.0. The molecule has 1 aromatic carbocycles. The van der Waals surface area contributed by atoms with Crippen molar-refractivity contribution in [3.05, 3.63) is 23.4 Å². The predicted octanol–water partition coefficient (Wildman–Crippen LogP) is 1.61. The van der Waals surface area contributed by atoms with Gasteiger partial charge in [0.1, 0.15) is 0 Å². The van der Waals surface area contributed by atoms with Gasteiger partial charge in [-0.2, -0.15) is 0 Å². The van der Waals surface area contributed by atoms with Crippen molar-refractivity contribution in [2.75, 3.05) is 26.3 Å². The van der Waals surface area contributed by atoms with Crippen molar-refractivity contribution in [2.24, 2.45) is 5.84 Å². The molecule has 1 aliphatic rings. The van der Waals surface area contributed by atoms with Gasteiger partial charge >= 0.3 is 0 Å². The van der Waals surface area contributed by atoms with Crippen LogP contribution in [0.1, 0.15) is 11.3 Å². The van der Waals surface area contributed by atoms with E-state index < -0.39 is 0 Å². The highest BCUT2D eigenvalue weighted by molar-refractivity contribution is 5.95. The topological polar surface area (TPSA) is 78.6 Å². The van der Waals surface area contributed by atoms with Crippen LogP contribution in [0.15, 0.2) is 12.1 Å². The van der Waals surface area contributed by atoms with Crippen LogP contribution in [-0.2, 0) is 17.8 Å². The fraction of sp³-hybridized carbons (Fsp3) is 0.357. The molecule has 20 heavy (non-hydrogen) atoms. The third-order valence-corrected chi connectivity index (χ3v) is 3.55.